The molecule has 0 radical (unpaired) electrons. The van der Waals surface area contributed by atoms with E-state index in [1.807, 2.05) is 13.0 Å². The van der Waals surface area contributed by atoms with Crippen molar-refractivity contribution < 1.29 is 4.42 Å². The summed E-state index contributed by atoms with van der Waals surface area (Å²) in [6, 6.07) is 2.16. The number of rotatable bonds is 1. The number of fused-ring (bicyclic) bond motifs is 1. The molecule has 0 saturated carbocycles. The van der Waals surface area contributed by atoms with Crippen LogP contribution in [0.15, 0.2) is 16.7 Å². The quantitative estimate of drug-likeness (QED) is 0.825. The average Bonchev–Trinajstić information content (AvgIpc) is 2.84. The molecule has 0 amide bonds. The molecule has 3 rings (SSSR count). The second kappa shape index (κ2) is 3.71. The van der Waals surface area contributed by atoms with Gasteiger partial charge in [-0.3, -0.25) is 0 Å². The molecular formula is C12H14N2OS. The molecule has 1 atom stereocenters. The lowest BCUT2D eigenvalue weighted by molar-refractivity contribution is 0.535. The standard InChI is InChI=1S/C12H14N2OS/c1-7-8(5-6-15-7)12-14-10-4-2-3-9(13)11(10)16-12/h5-6,9H,2-4,13H2,1H3. The van der Waals surface area contributed by atoms with Crippen molar-refractivity contribution in [3.05, 3.63) is 28.7 Å². The monoisotopic (exact) mass is 234 g/mol. The molecule has 1 aliphatic rings. The summed E-state index contributed by atoms with van der Waals surface area (Å²) < 4.78 is 5.31. The van der Waals surface area contributed by atoms with E-state index in [-0.39, 0.29) is 6.04 Å². The fraction of sp³-hybridized carbons (Fsp3) is 0.417. The Hall–Kier alpha value is -1.13. The number of hydrogen-bond acceptors (Lipinski definition) is 4. The second-order valence-corrected chi connectivity index (χ2v) is 5.25. The lowest BCUT2D eigenvalue weighted by Crippen LogP contribution is -2.15. The number of aromatic nitrogens is 1. The zero-order valence-corrected chi connectivity index (χ0v) is 10.0. The first-order valence-electron chi connectivity index (χ1n) is 5.55. The van der Waals surface area contributed by atoms with Gasteiger partial charge in [-0.1, -0.05) is 0 Å². The molecule has 2 aromatic heterocycles. The van der Waals surface area contributed by atoms with Gasteiger partial charge in [-0.2, -0.15) is 0 Å². The Bertz CT molecular complexity index is 515. The van der Waals surface area contributed by atoms with Crippen molar-refractivity contribution >= 4 is 11.3 Å². The van der Waals surface area contributed by atoms with Crippen LogP contribution in [0.25, 0.3) is 10.6 Å². The normalized spacial score (nSPS) is 19.8. The number of aryl methyl sites for hydroxylation is 2. The fourth-order valence-electron chi connectivity index (χ4n) is 2.17. The van der Waals surface area contributed by atoms with Gasteiger partial charge in [0.05, 0.1) is 17.5 Å². The highest BCUT2D eigenvalue weighted by Crippen LogP contribution is 2.37. The van der Waals surface area contributed by atoms with Gasteiger partial charge in [-0.15, -0.1) is 11.3 Å². The SMILES string of the molecule is Cc1occc1-c1nc2c(s1)C(N)CCC2. The molecule has 0 spiro atoms. The summed E-state index contributed by atoms with van der Waals surface area (Å²) in [6.07, 6.45) is 5.02. The van der Waals surface area contributed by atoms with E-state index in [2.05, 4.69) is 4.98 Å². The van der Waals surface area contributed by atoms with Gasteiger partial charge in [0, 0.05) is 10.9 Å². The topological polar surface area (TPSA) is 52.0 Å². The van der Waals surface area contributed by atoms with E-state index in [4.69, 9.17) is 10.2 Å². The van der Waals surface area contributed by atoms with Crippen molar-refractivity contribution in [2.24, 2.45) is 5.73 Å². The predicted octanol–water partition coefficient (Wildman–Crippen LogP) is 3.05. The zero-order valence-electron chi connectivity index (χ0n) is 9.19. The molecule has 0 fully saturated rings. The summed E-state index contributed by atoms with van der Waals surface area (Å²) in [5, 5.41) is 1.05. The lowest BCUT2D eigenvalue weighted by Gasteiger charge is -2.15. The predicted molar refractivity (Wildman–Crippen MR) is 64.4 cm³/mol. The second-order valence-electron chi connectivity index (χ2n) is 4.22. The van der Waals surface area contributed by atoms with Crippen molar-refractivity contribution in [3.63, 3.8) is 0 Å². The van der Waals surface area contributed by atoms with Crippen LogP contribution in [0.4, 0.5) is 0 Å². The molecule has 2 N–H and O–H groups in total. The minimum Gasteiger partial charge on any atom is -0.469 e. The summed E-state index contributed by atoms with van der Waals surface area (Å²) in [4.78, 5) is 5.95. The maximum Gasteiger partial charge on any atom is 0.127 e. The van der Waals surface area contributed by atoms with Gasteiger partial charge in [-0.25, -0.2) is 4.98 Å². The van der Waals surface area contributed by atoms with Crippen molar-refractivity contribution in [3.8, 4) is 10.6 Å². The number of nitrogens with zero attached hydrogens (tertiary/aromatic N) is 1. The van der Waals surface area contributed by atoms with Crippen LogP contribution >= 0.6 is 11.3 Å². The number of furan rings is 1. The smallest absolute Gasteiger partial charge is 0.127 e. The van der Waals surface area contributed by atoms with Crippen LogP contribution in [0.1, 0.15) is 35.2 Å². The molecule has 0 aliphatic heterocycles. The molecule has 16 heavy (non-hydrogen) atoms. The van der Waals surface area contributed by atoms with E-state index in [1.54, 1.807) is 17.6 Å². The van der Waals surface area contributed by atoms with Crippen LogP contribution in [0, 0.1) is 6.92 Å². The lowest BCUT2D eigenvalue weighted by atomic mass is 9.99. The minimum absolute atomic E-state index is 0.183. The highest BCUT2D eigenvalue weighted by Gasteiger charge is 2.22. The summed E-state index contributed by atoms with van der Waals surface area (Å²) in [7, 11) is 0. The highest BCUT2D eigenvalue weighted by atomic mass is 32.1. The van der Waals surface area contributed by atoms with Gasteiger partial charge < -0.3 is 10.2 Å². The van der Waals surface area contributed by atoms with E-state index in [9.17, 15) is 0 Å². The number of hydrogen-bond donors (Lipinski definition) is 1. The van der Waals surface area contributed by atoms with Crippen molar-refractivity contribution in [1.82, 2.24) is 4.98 Å². The third kappa shape index (κ3) is 1.49. The Morgan fingerprint density at radius 3 is 3.12 bits per heavy atom. The van der Waals surface area contributed by atoms with E-state index >= 15 is 0 Å². The Balaban J connectivity index is 2.08. The first-order chi connectivity index (χ1) is 7.75. The van der Waals surface area contributed by atoms with Crippen molar-refractivity contribution in [2.75, 3.05) is 0 Å². The fourth-order valence-corrected chi connectivity index (χ4v) is 3.40. The average molecular weight is 234 g/mol. The van der Waals surface area contributed by atoms with Gasteiger partial charge in [0.2, 0.25) is 0 Å². The zero-order chi connectivity index (χ0) is 11.1. The summed E-state index contributed by atoms with van der Waals surface area (Å²) >= 11 is 1.72. The largest absolute Gasteiger partial charge is 0.469 e. The number of thiazole rings is 1. The van der Waals surface area contributed by atoms with Gasteiger partial charge in [0.25, 0.3) is 0 Å². The van der Waals surface area contributed by atoms with E-state index in [0.717, 1.165) is 35.6 Å². The van der Waals surface area contributed by atoms with Gasteiger partial charge in [0.1, 0.15) is 10.8 Å². The Labute approximate surface area is 98.3 Å². The van der Waals surface area contributed by atoms with E-state index in [0.29, 0.717) is 0 Å². The molecule has 0 bridgehead atoms. The Morgan fingerprint density at radius 2 is 2.44 bits per heavy atom. The molecule has 2 heterocycles. The van der Waals surface area contributed by atoms with E-state index < -0.39 is 0 Å². The Kier molecular flexibility index (Phi) is 2.33. The molecule has 1 aliphatic carbocycles. The van der Waals surface area contributed by atoms with Crippen LogP contribution in [0.5, 0.6) is 0 Å². The molecular weight excluding hydrogens is 220 g/mol. The number of nitrogens with two attached hydrogens (primary N) is 1. The van der Waals surface area contributed by atoms with E-state index in [1.165, 1.54) is 10.6 Å². The van der Waals surface area contributed by atoms with Crippen molar-refractivity contribution in [2.45, 2.75) is 32.2 Å². The minimum atomic E-state index is 0.183. The Morgan fingerprint density at radius 1 is 1.56 bits per heavy atom. The highest BCUT2D eigenvalue weighted by molar-refractivity contribution is 7.15. The van der Waals surface area contributed by atoms with Gasteiger partial charge in [-0.05, 0) is 32.3 Å². The maximum absolute atomic E-state index is 6.10. The first-order valence-corrected chi connectivity index (χ1v) is 6.37. The van der Waals surface area contributed by atoms with Crippen LogP contribution < -0.4 is 5.73 Å². The third-order valence-electron chi connectivity index (χ3n) is 3.08. The summed E-state index contributed by atoms with van der Waals surface area (Å²) in [5.41, 5.74) is 8.40. The van der Waals surface area contributed by atoms with Crippen LogP contribution in [-0.2, 0) is 6.42 Å². The third-order valence-corrected chi connectivity index (χ3v) is 4.35. The maximum atomic E-state index is 6.10. The van der Waals surface area contributed by atoms with Crippen molar-refractivity contribution in [1.29, 1.82) is 0 Å². The molecule has 84 valence electrons. The molecule has 0 saturated heterocycles. The molecule has 1 unspecified atom stereocenters. The van der Waals surface area contributed by atoms with Gasteiger partial charge in [0.15, 0.2) is 0 Å². The molecule has 4 heteroatoms. The molecule has 0 aromatic carbocycles. The molecule has 2 aromatic rings. The van der Waals surface area contributed by atoms with Crippen LogP contribution in [0.3, 0.4) is 0 Å². The molecule has 3 nitrogen and oxygen atoms in total. The van der Waals surface area contributed by atoms with Crippen LogP contribution in [0.2, 0.25) is 0 Å². The summed E-state index contributed by atoms with van der Waals surface area (Å²) in [6.45, 7) is 1.97. The summed E-state index contributed by atoms with van der Waals surface area (Å²) in [5.74, 6) is 0.930. The van der Waals surface area contributed by atoms with Gasteiger partial charge >= 0.3 is 0 Å². The first kappa shape index (κ1) is 10.1. The van der Waals surface area contributed by atoms with Crippen LogP contribution in [-0.4, -0.2) is 4.98 Å².